The number of hydrogen-bond acceptors (Lipinski definition) is 3. The third-order valence-corrected chi connectivity index (χ3v) is 2.30. The van der Waals surface area contributed by atoms with E-state index in [4.69, 9.17) is 5.11 Å². The van der Waals surface area contributed by atoms with Crippen LogP contribution in [0.2, 0.25) is 0 Å². The van der Waals surface area contributed by atoms with Crippen LogP contribution in [-0.4, -0.2) is 42.1 Å². The van der Waals surface area contributed by atoms with Crippen LogP contribution < -0.4 is 16.0 Å². The van der Waals surface area contributed by atoms with E-state index in [-0.39, 0.29) is 18.2 Å². The van der Waals surface area contributed by atoms with Crippen LogP contribution in [0.5, 0.6) is 0 Å². The van der Waals surface area contributed by atoms with Gasteiger partial charge in [0.1, 0.15) is 0 Å². The van der Waals surface area contributed by atoms with Crippen LogP contribution in [0.25, 0.3) is 0 Å². The zero-order valence-corrected chi connectivity index (χ0v) is 10.9. The Labute approximate surface area is 106 Å². The van der Waals surface area contributed by atoms with Crippen molar-refractivity contribution in [3.05, 3.63) is 0 Å². The van der Waals surface area contributed by atoms with Gasteiger partial charge in [0, 0.05) is 26.1 Å². The number of carboxylic acids is 1. The molecule has 0 rings (SSSR count). The van der Waals surface area contributed by atoms with Gasteiger partial charge in [0.25, 0.3) is 0 Å². The molecule has 104 valence electrons. The maximum atomic E-state index is 11.5. The van der Waals surface area contributed by atoms with E-state index in [1.807, 2.05) is 13.8 Å². The quantitative estimate of drug-likeness (QED) is 0.480. The monoisotopic (exact) mass is 259 g/mol. The highest BCUT2D eigenvalue weighted by Crippen LogP contribution is 2.05. The molecule has 0 spiro atoms. The Hall–Kier alpha value is -1.79. The summed E-state index contributed by atoms with van der Waals surface area (Å²) >= 11 is 0. The summed E-state index contributed by atoms with van der Waals surface area (Å²) in [6.45, 7) is 5.70. The van der Waals surface area contributed by atoms with Crippen molar-refractivity contribution in [2.24, 2.45) is 5.92 Å². The Morgan fingerprint density at radius 2 is 1.67 bits per heavy atom. The van der Waals surface area contributed by atoms with E-state index in [0.717, 1.165) is 0 Å². The lowest BCUT2D eigenvalue weighted by atomic mass is 10.0. The van der Waals surface area contributed by atoms with E-state index >= 15 is 0 Å². The molecule has 0 aliphatic carbocycles. The van der Waals surface area contributed by atoms with Crippen LogP contribution in [0.4, 0.5) is 4.79 Å². The van der Waals surface area contributed by atoms with Gasteiger partial charge in [-0.2, -0.15) is 0 Å². The summed E-state index contributed by atoms with van der Waals surface area (Å²) in [5.74, 6) is -1.09. The van der Waals surface area contributed by atoms with E-state index in [0.29, 0.717) is 13.1 Å². The number of carbonyl (C=O) groups excluding carboxylic acids is 2. The highest BCUT2D eigenvalue weighted by Gasteiger charge is 2.18. The number of urea groups is 1. The molecular weight excluding hydrogens is 238 g/mol. The number of rotatable bonds is 7. The predicted molar refractivity (Wildman–Crippen MR) is 66.1 cm³/mol. The summed E-state index contributed by atoms with van der Waals surface area (Å²) in [5.41, 5.74) is 0. The minimum Gasteiger partial charge on any atom is -0.481 e. The fourth-order valence-electron chi connectivity index (χ4n) is 1.28. The molecular formula is C11H21N3O4. The Morgan fingerprint density at radius 1 is 1.11 bits per heavy atom. The molecule has 0 aliphatic heterocycles. The van der Waals surface area contributed by atoms with Crippen molar-refractivity contribution in [3.8, 4) is 0 Å². The second-order valence-corrected chi connectivity index (χ2v) is 4.33. The number of carboxylic acid groups (broad SMARTS) is 1. The van der Waals surface area contributed by atoms with Gasteiger partial charge in [-0.1, -0.05) is 13.8 Å². The number of aliphatic carboxylic acids is 1. The smallest absolute Gasteiger partial charge is 0.315 e. The van der Waals surface area contributed by atoms with Crippen molar-refractivity contribution in [2.75, 3.05) is 13.1 Å². The first-order valence-corrected chi connectivity index (χ1v) is 5.83. The molecule has 0 bridgehead atoms. The molecule has 0 aromatic rings. The van der Waals surface area contributed by atoms with Crippen LogP contribution in [0.1, 0.15) is 27.2 Å². The minimum absolute atomic E-state index is 0.0298. The first-order valence-electron chi connectivity index (χ1n) is 5.83. The molecule has 0 radical (unpaired) electrons. The zero-order chi connectivity index (χ0) is 14.1. The third kappa shape index (κ3) is 8.37. The molecule has 0 saturated carbocycles. The van der Waals surface area contributed by atoms with Crippen LogP contribution in [0, 0.1) is 5.92 Å². The number of carbonyl (C=O) groups is 3. The van der Waals surface area contributed by atoms with Gasteiger partial charge in [-0.15, -0.1) is 0 Å². The fourth-order valence-corrected chi connectivity index (χ4v) is 1.28. The van der Waals surface area contributed by atoms with E-state index in [2.05, 4.69) is 16.0 Å². The summed E-state index contributed by atoms with van der Waals surface area (Å²) in [5, 5.41) is 16.4. The van der Waals surface area contributed by atoms with Crippen molar-refractivity contribution >= 4 is 17.9 Å². The summed E-state index contributed by atoms with van der Waals surface area (Å²) in [4.78, 5) is 32.6. The summed E-state index contributed by atoms with van der Waals surface area (Å²) in [6.07, 6.45) is -0.114. The van der Waals surface area contributed by atoms with Crippen molar-refractivity contribution in [2.45, 2.75) is 33.2 Å². The standard InChI is InChI=1S/C11H21N3O4/c1-7(2)9(6-10(16)17)14-11(18)13-5-4-12-8(3)15/h7,9H,4-6H2,1-3H3,(H,12,15)(H,16,17)(H2,13,14,18). The van der Waals surface area contributed by atoms with Gasteiger partial charge >= 0.3 is 12.0 Å². The summed E-state index contributed by atoms with van der Waals surface area (Å²) in [6, 6.07) is -0.844. The van der Waals surface area contributed by atoms with Crippen molar-refractivity contribution in [3.63, 3.8) is 0 Å². The van der Waals surface area contributed by atoms with Gasteiger partial charge in [0.2, 0.25) is 5.91 Å². The third-order valence-electron chi connectivity index (χ3n) is 2.30. The van der Waals surface area contributed by atoms with Gasteiger partial charge in [0.15, 0.2) is 0 Å². The summed E-state index contributed by atoms with van der Waals surface area (Å²) < 4.78 is 0. The predicted octanol–water partition coefficient (Wildman–Crippen LogP) is -0.0790. The average Bonchev–Trinajstić information content (AvgIpc) is 2.22. The maximum Gasteiger partial charge on any atom is 0.315 e. The highest BCUT2D eigenvalue weighted by molar-refractivity contribution is 5.76. The van der Waals surface area contributed by atoms with E-state index in [9.17, 15) is 14.4 Å². The van der Waals surface area contributed by atoms with Gasteiger partial charge in [-0.05, 0) is 5.92 Å². The Balaban J connectivity index is 3.95. The normalized spacial score (nSPS) is 11.8. The van der Waals surface area contributed by atoms with Crippen LogP contribution in [0.3, 0.4) is 0 Å². The second kappa shape index (κ2) is 8.32. The maximum absolute atomic E-state index is 11.5. The van der Waals surface area contributed by atoms with E-state index < -0.39 is 18.0 Å². The lowest BCUT2D eigenvalue weighted by molar-refractivity contribution is -0.137. The van der Waals surface area contributed by atoms with Crippen LogP contribution >= 0.6 is 0 Å². The fraction of sp³-hybridized carbons (Fsp3) is 0.727. The molecule has 7 nitrogen and oxygen atoms in total. The van der Waals surface area contributed by atoms with E-state index in [1.165, 1.54) is 6.92 Å². The molecule has 1 unspecified atom stereocenters. The van der Waals surface area contributed by atoms with Crippen molar-refractivity contribution in [1.29, 1.82) is 0 Å². The molecule has 0 fully saturated rings. The molecule has 18 heavy (non-hydrogen) atoms. The molecule has 0 aliphatic rings. The molecule has 3 amide bonds. The molecule has 4 N–H and O–H groups in total. The number of amides is 3. The number of hydrogen-bond donors (Lipinski definition) is 4. The summed E-state index contributed by atoms with van der Waals surface area (Å²) in [7, 11) is 0. The van der Waals surface area contributed by atoms with Gasteiger partial charge < -0.3 is 21.1 Å². The number of nitrogens with one attached hydrogen (secondary N) is 3. The lowest BCUT2D eigenvalue weighted by Gasteiger charge is -2.20. The van der Waals surface area contributed by atoms with Crippen molar-refractivity contribution < 1.29 is 19.5 Å². The lowest BCUT2D eigenvalue weighted by Crippen LogP contribution is -2.47. The van der Waals surface area contributed by atoms with E-state index in [1.54, 1.807) is 0 Å². The molecule has 1 atom stereocenters. The molecule has 0 aromatic carbocycles. The molecule has 0 saturated heterocycles. The van der Waals surface area contributed by atoms with Gasteiger partial charge in [-0.25, -0.2) is 4.79 Å². The van der Waals surface area contributed by atoms with Crippen LogP contribution in [0.15, 0.2) is 0 Å². The Kier molecular flexibility index (Phi) is 7.50. The zero-order valence-electron chi connectivity index (χ0n) is 10.9. The molecule has 7 heteroatoms. The Bertz CT molecular complexity index is 305. The SMILES string of the molecule is CC(=O)NCCNC(=O)NC(CC(=O)O)C(C)C. The first-order chi connectivity index (χ1) is 8.32. The second-order valence-electron chi connectivity index (χ2n) is 4.33. The highest BCUT2D eigenvalue weighted by atomic mass is 16.4. The minimum atomic E-state index is -0.952. The topological polar surface area (TPSA) is 108 Å². The van der Waals surface area contributed by atoms with Crippen LogP contribution in [-0.2, 0) is 9.59 Å². The Morgan fingerprint density at radius 3 is 2.11 bits per heavy atom. The largest absolute Gasteiger partial charge is 0.481 e. The molecule has 0 heterocycles. The van der Waals surface area contributed by atoms with Crippen molar-refractivity contribution in [1.82, 2.24) is 16.0 Å². The van der Waals surface area contributed by atoms with Gasteiger partial charge in [-0.3, -0.25) is 9.59 Å². The molecule has 0 aromatic heterocycles. The van der Waals surface area contributed by atoms with Gasteiger partial charge in [0.05, 0.1) is 6.42 Å². The first kappa shape index (κ1) is 16.2. The average molecular weight is 259 g/mol.